The van der Waals surface area contributed by atoms with E-state index in [0.29, 0.717) is 18.3 Å². The number of nitrogens with one attached hydrogen (secondary N) is 1. The molecule has 1 saturated carbocycles. The third kappa shape index (κ3) is 5.34. The summed E-state index contributed by atoms with van der Waals surface area (Å²) in [5.41, 5.74) is -7.30. The van der Waals surface area contributed by atoms with Crippen LogP contribution in [0.4, 0.5) is 30.7 Å². The second-order valence-electron chi connectivity index (χ2n) is 7.84. The highest BCUT2D eigenvalue weighted by Gasteiger charge is 2.52. The molecule has 0 bridgehead atoms. The van der Waals surface area contributed by atoms with Gasteiger partial charge in [0.25, 0.3) is 0 Å². The normalized spacial score (nSPS) is 22.2. The molecule has 0 aliphatic heterocycles. The molecule has 1 heterocycles. The number of aromatic nitrogens is 1. The standard InChI is InChI=1S/C19H16BrF7N2O4S2/c20-11-1-3-15(21)14(9-11)17(7-5-12(6-8-17)29-35(32,33)19(25,26)27)34(30,31)13-2-4-16(28-10-13)18(22,23)24/h1-4,9-10,12,29H,5-8H2/t12-,17+. The molecule has 0 spiro atoms. The fourth-order valence-corrected chi connectivity index (χ4v) is 7.23. The maximum absolute atomic E-state index is 14.9. The van der Waals surface area contributed by atoms with E-state index in [0.717, 1.165) is 12.1 Å². The molecule has 2 aromatic rings. The summed E-state index contributed by atoms with van der Waals surface area (Å²) in [5.74, 6) is -0.967. The number of hydrogen-bond donors (Lipinski definition) is 1. The van der Waals surface area contributed by atoms with E-state index in [9.17, 15) is 47.6 Å². The highest BCUT2D eigenvalue weighted by molar-refractivity contribution is 9.10. The first kappa shape index (κ1) is 27.8. The molecule has 0 amide bonds. The van der Waals surface area contributed by atoms with Crippen molar-refractivity contribution in [3.05, 3.63) is 58.1 Å². The molecular formula is C19H16BrF7N2O4S2. The smallest absolute Gasteiger partial charge is 0.250 e. The summed E-state index contributed by atoms with van der Waals surface area (Å²) in [4.78, 5) is 2.49. The van der Waals surface area contributed by atoms with Crippen LogP contribution in [0.5, 0.6) is 0 Å². The Morgan fingerprint density at radius 2 is 1.57 bits per heavy atom. The van der Waals surface area contributed by atoms with E-state index in [1.54, 1.807) is 0 Å². The van der Waals surface area contributed by atoms with Crippen LogP contribution in [-0.2, 0) is 30.8 Å². The lowest BCUT2D eigenvalue weighted by Gasteiger charge is -2.40. The first-order chi connectivity index (χ1) is 15.9. The van der Waals surface area contributed by atoms with Crippen molar-refractivity contribution in [1.29, 1.82) is 0 Å². The SMILES string of the molecule is O=S(=O)(N[C@H]1CC[C@@](c2cc(Br)ccc2F)(S(=O)(=O)c2ccc(C(F)(F)F)nc2)CC1)C(F)(F)F. The molecule has 1 aromatic carbocycles. The fraction of sp³-hybridized carbons (Fsp3) is 0.421. The molecule has 194 valence electrons. The van der Waals surface area contributed by atoms with Gasteiger partial charge in [0.05, 0.1) is 4.90 Å². The van der Waals surface area contributed by atoms with E-state index in [1.165, 1.54) is 10.8 Å². The fourth-order valence-electron chi connectivity index (χ4n) is 3.95. The minimum atomic E-state index is -5.72. The lowest BCUT2D eigenvalue weighted by atomic mass is 9.81. The highest BCUT2D eigenvalue weighted by atomic mass is 79.9. The summed E-state index contributed by atoms with van der Waals surface area (Å²) in [7, 11) is -10.4. The Morgan fingerprint density at radius 3 is 2.06 bits per heavy atom. The van der Waals surface area contributed by atoms with Crippen molar-refractivity contribution in [2.75, 3.05) is 0 Å². The topological polar surface area (TPSA) is 93.2 Å². The number of sulfone groups is 1. The van der Waals surface area contributed by atoms with Gasteiger partial charge in [-0.05, 0) is 56.0 Å². The van der Waals surface area contributed by atoms with Crippen molar-refractivity contribution in [3.63, 3.8) is 0 Å². The molecule has 3 rings (SSSR count). The largest absolute Gasteiger partial charge is 0.511 e. The number of halogens is 8. The number of pyridine rings is 1. The average molecular weight is 613 g/mol. The Labute approximate surface area is 204 Å². The Bertz CT molecular complexity index is 1300. The second kappa shape index (κ2) is 9.27. The van der Waals surface area contributed by atoms with E-state index in [2.05, 4.69) is 20.9 Å². The van der Waals surface area contributed by atoms with Crippen LogP contribution < -0.4 is 4.72 Å². The van der Waals surface area contributed by atoms with Gasteiger partial charge in [0, 0.05) is 22.3 Å². The number of sulfonamides is 1. The monoisotopic (exact) mass is 612 g/mol. The number of hydrogen-bond acceptors (Lipinski definition) is 5. The second-order valence-corrected chi connectivity index (χ2v) is 12.7. The molecular weight excluding hydrogens is 597 g/mol. The molecule has 16 heteroatoms. The zero-order chi connectivity index (χ0) is 26.4. The van der Waals surface area contributed by atoms with Gasteiger partial charge >= 0.3 is 21.7 Å². The van der Waals surface area contributed by atoms with Crippen LogP contribution in [-0.4, -0.2) is 33.4 Å². The third-order valence-electron chi connectivity index (χ3n) is 5.69. The minimum absolute atomic E-state index is 0.272. The van der Waals surface area contributed by atoms with Crippen molar-refractivity contribution >= 4 is 35.8 Å². The van der Waals surface area contributed by atoms with Gasteiger partial charge in [-0.3, -0.25) is 4.98 Å². The van der Waals surface area contributed by atoms with Gasteiger partial charge in [0.1, 0.15) is 16.3 Å². The molecule has 35 heavy (non-hydrogen) atoms. The lowest BCUT2D eigenvalue weighted by molar-refractivity contribution is -0.141. The number of rotatable bonds is 5. The van der Waals surface area contributed by atoms with Gasteiger partial charge in [-0.25, -0.2) is 25.9 Å². The van der Waals surface area contributed by atoms with Crippen molar-refractivity contribution in [2.24, 2.45) is 0 Å². The molecule has 0 radical (unpaired) electrons. The summed E-state index contributed by atoms with van der Waals surface area (Å²) in [6.07, 6.45) is -6.25. The first-order valence-corrected chi connectivity index (χ1v) is 13.5. The Balaban J connectivity index is 2.06. The van der Waals surface area contributed by atoms with Crippen molar-refractivity contribution < 1.29 is 47.6 Å². The van der Waals surface area contributed by atoms with Gasteiger partial charge in [0.15, 0.2) is 9.84 Å². The lowest BCUT2D eigenvalue weighted by Crippen LogP contribution is -2.48. The number of benzene rings is 1. The number of nitrogens with zero attached hydrogens (tertiary/aromatic N) is 1. The third-order valence-corrected chi connectivity index (χ3v) is 9.96. The van der Waals surface area contributed by atoms with E-state index < -0.39 is 84.4 Å². The summed E-state index contributed by atoms with van der Waals surface area (Å²) in [5, 5.41) is 0. The molecule has 0 atom stereocenters. The first-order valence-electron chi connectivity index (χ1n) is 9.73. The molecule has 1 aliphatic rings. The van der Waals surface area contributed by atoms with Crippen LogP contribution >= 0.6 is 15.9 Å². The molecule has 0 saturated heterocycles. The predicted octanol–water partition coefficient (Wildman–Crippen LogP) is 5.05. The minimum Gasteiger partial charge on any atom is -0.250 e. The highest BCUT2D eigenvalue weighted by Crippen LogP contribution is 2.48. The van der Waals surface area contributed by atoms with Gasteiger partial charge in [-0.1, -0.05) is 15.9 Å². The Hall–Kier alpha value is -1.78. The van der Waals surface area contributed by atoms with Crippen LogP contribution in [0, 0.1) is 5.82 Å². The average Bonchev–Trinajstić information content (AvgIpc) is 2.74. The zero-order valence-electron chi connectivity index (χ0n) is 17.3. The summed E-state index contributed by atoms with van der Waals surface area (Å²) < 4.78 is 142. The maximum Gasteiger partial charge on any atom is 0.511 e. The summed E-state index contributed by atoms with van der Waals surface area (Å²) in [6.45, 7) is 0. The van der Waals surface area contributed by atoms with Gasteiger partial charge in [-0.15, -0.1) is 0 Å². The zero-order valence-corrected chi connectivity index (χ0v) is 20.5. The van der Waals surface area contributed by atoms with E-state index >= 15 is 0 Å². The molecule has 1 fully saturated rings. The van der Waals surface area contributed by atoms with E-state index in [-0.39, 0.29) is 10.0 Å². The van der Waals surface area contributed by atoms with Crippen molar-refractivity contribution in [1.82, 2.24) is 9.71 Å². The summed E-state index contributed by atoms with van der Waals surface area (Å²) >= 11 is 3.10. The number of alkyl halides is 6. The van der Waals surface area contributed by atoms with Crippen molar-refractivity contribution in [3.8, 4) is 0 Å². The molecule has 1 aliphatic carbocycles. The molecule has 6 nitrogen and oxygen atoms in total. The molecule has 0 unspecified atom stereocenters. The predicted molar refractivity (Wildman–Crippen MR) is 113 cm³/mol. The van der Waals surface area contributed by atoms with Crippen LogP contribution in [0.15, 0.2) is 45.9 Å². The van der Waals surface area contributed by atoms with Gasteiger partial charge < -0.3 is 0 Å². The van der Waals surface area contributed by atoms with Crippen LogP contribution in [0.1, 0.15) is 36.9 Å². The molecule has 1 aromatic heterocycles. The Kier molecular flexibility index (Phi) is 7.36. The van der Waals surface area contributed by atoms with Gasteiger partial charge in [-0.2, -0.15) is 26.3 Å². The molecule has 1 N–H and O–H groups in total. The van der Waals surface area contributed by atoms with Crippen molar-refractivity contribution in [2.45, 2.75) is 53.1 Å². The summed E-state index contributed by atoms with van der Waals surface area (Å²) in [6, 6.07) is 3.21. The van der Waals surface area contributed by atoms with Crippen LogP contribution in [0.3, 0.4) is 0 Å². The van der Waals surface area contributed by atoms with E-state index in [1.807, 2.05) is 0 Å². The van der Waals surface area contributed by atoms with E-state index in [4.69, 9.17) is 0 Å². The quantitative estimate of drug-likeness (QED) is 0.477. The van der Waals surface area contributed by atoms with Crippen LogP contribution in [0.25, 0.3) is 0 Å². The van der Waals surface area contributed by atoms with Crippen LogP contribution in [0.2, 0.25) is 0 Å². The van der Waals surface area contributed by atoms with Gasteiger partial charge in [0.2, 0.25) is 0 Å². The maximum atomic E-state index is 14.9. The Morgan fingerprint density at radius 1 is 0.971 bits per heavy atom.